The third-order valence-electron chi connectivity index (χ3n) is 1.90. The molecule has 0 saturated carbocycles. The van der Waals surface area contributed by atoms with E-state index in [1.165, 1.54) is 6.42 Å². The standard InChI is InChI=1S/C7H16O.Na.H/c1-4-6(2)7(3)5-8;;/h6-8H,4-5H2,1-3H3;;. The van der Waals surface area contributed by atoms with Gasteiger partial charge < -0.3 is 5.11 Å². The molecule has 0 bridgehead atoms. The summed E-state index contributed by atoms with van der Waals surface area (Å²) >= 11 is 0. The molecule has 9 heavy (non-hydrogen) atoms. The molecule has 2 unspecified atom stereocenters. The van der Waals surface area contributed by atoms with Gasteiger partial charge in [-0.15, -0.1) is 0 Å². The van der Waals surface area contributed by atoms with E-state index in [2.05, 4.69) is 20.8 Å². The van der Waals surface area contributed by atoms with Gasteiger partial charge in [0.1, 0.15) is 0 Å². The van der Waals surface area contributed by atoms with E-state index in [9.17, 15) is 0 Å². The molecule has 0 saturated heterocycles. The van der Waals surface area contributed by atoms with Crippen LogP contribution in [0.25, 0.3) is 0 Å². The first kappa shape index (κ1) is 12.6. The van der Waals surface area contributed by atoms with Crippen LogP contribution in [0.4, 0.5) is 0 Å². The Labute approximate surface area is 80.1 Å². The quantitative estimate of drug-likeness (QED) is 0.580. The zero-order valence-corrected chi connectivity index (χ0v) is 6.02. The van der Waals surface area contributed by atoms with Gasteiger partial charge >= 0.3 is 29.6 Å². The van der Waals surface area contributed by atoms with Crippen molar-refractivity contribution >= 4 is 29.6 Å². The van der Waals surface area contributed by atoms with Crippen molar-refractivity contribution in [1.29, 1.82) is 0 Å². The molecule has 0 radical (unpaired) electrons. The van der Waals surface area contributed by atoms with Crippen molar-refractivity contribution in [1.82, 2.24) is 0 Å². The van der Waals surface area contributed by atoms with Gasteiger partial charge in [-0.05, 0) is 11.8 Å². The Kier molecular flexibility index (Phi) is 9.92. The average molecular weight is 140 g/mol. The molecule has 0 heterocycles. The second kappa shape index (κ2) is 7.07. The Morgan fingerprint density at radius 2 is 1.67 bits per heavy atom. The third kappa shape index (κ3) is 5.41. The van der Waals surface area contributed by atoms with Crippen LogP contribution in [-0.4, -0.2) is 41.3 Å². The van der Waals surface area contributed by atoms with Crippen molar-refractivity contribution in [2.75, 3.05) is 6.61 Å². The minimum absolute atomic E-state index is 0. The minimum atomic E-state index is 0. The first-order valence-electron chi connectivity index (χ1n) is 3.33. The van der Waals surface area contributed by atoms with Gasteiger partial charge in [-0.25, -0.2) is 0 Å². The topological polar surface area (TPSA) is 20.2 Å². The van der Waals surface area contributed by atoms with Crippen LogP contribution < -0.4 is 0 Å². The van der Waals surface area contributed by atoms with Crippen LogP contribution in [0.15, 0.2) is 0 Å². The van der Waals surface area contributed by atoms with Gasteiger partial charge in [-0.1, -0.05) is 27.2 Å². The Hall–Kier alpha value is 0.960. The molecule has 0 spiro atoms. The normalized spacial score (nSPS) is 16.0. The van der Waals surface area contributed by atoms with E-state index in [0.29, 0.717) is 18.4 Å². The zero-order valence-electron chi connectivity index (χ0n) is 6.02. The van der Waals surface area contributed by atoms with Crippen molar-refractivity contribution in [3.05, 3.63) is 0 Å². The van der Waals surface area contributed by atoms with Gasteiger partial charge in [0, 0.05) is 6.61 Å². The molecule has 2 heteroatoms. The fraction of sp³-hybridized carbons (Fsp3) is 1.00. The zero-order chi connectivity index (χ0) is 6.57. The number of aliphatic hydroxyl groups excluding tert-OH is 1. The van der Waals surface area contributed by atoms with E-state index >= 15 is 0 Å². The van der Waals surface area contributed by atoms with Gasteiger partial charge in [0.15, 0.2) is 0 Å². The molecule has 0 aliphatic heterocycles. The average Bonchev–Trinajstić information content (AvgIpc) is 1.84. The van der Waals surface area contributed by atoms with Crippen LogP contribution in [0.3, 0.4) is 0 Å². The SMILES string of the molecule is CCC(C)C(C)CO.[NaH]. The predicted octanol–water partition coefficient (Wildman–Crippen LogP) is 1.01. The molecule has 0 amide bonds. The second-order valence-electron chi connectivity index (χ2n) is 2.55. The van der Waals surface area contributed by atoms with Gasteiger partial charge in [-0.2, -0.15) is 0 Å². The number of hydrogen-bond donors (Lipinski definition) is 1. The molecular formula is C7H17NaO. The van der Waals surface area contributed by atoms with Crippen molar-refractivity contribution in [2.24, 2.45) is 11.8 Å². The predicted molar refractivity (Wildman–Crippen MR) is 42.9 cm³/mol. The molecule has 2 atom stereocenters. The molecule has 0 aliphatic carbocycles. The van der Waals surface area contributed by atoms with Gasteiger partial charge in [0.05, 0.1) is 0 Å². The van der Waals surface area contributed by atoms with Gasteiger partial charge in [0.2, 0.25) is 0 Å². The molecule has 0 aromatic rings. The maximum atomic E-state index is 8.64. The molecule has 0 fully saturated rings. The van der Waals surface area contributed by atoms with Crippen LogP contribution in [0.2, 0.25) is 0 Å². The van der Waals surface area contributed by atoms with Crippen molar-refractivity contribution in [3.8, 4) is 0 Å². The van der Waals surface area contributed by atoms with Crippen LogP contribution in [0.1, 0.15) is 27.2 Å². The number of rotatable bonds is 3. The Morgan fingerprint density at radius 3 is 1.78 bits per heavy atom. The summed E-state index contributed by atoms with van der Waals surface area (Å²) in [7, 11) is 0. The summed E-state index contributed by atoms with van der Waals surface area (Å²) in [6.45, 7) is 6.72. The van der Waals surface area contributed by atoms with Gasteiger partial charge in [0.25, 0.3) is 0 Å². The van der Waals surface area contributed by atoms with E-state index in [1.54, 1.807) is 0 Å². The van der Waals surface area contributed by atoms with E-state index < -0.39 is 0 Å². The summed E-state index contributed by atoms with van der Waals surface area (Å²) in [6.07, 6.45) is 1.17. The number of aliphatic hydroxyl groups is 1. The molecule has 0 aromatic heterocycles. The fourth-order valence-electron chi connectivity index (χ4n) is 0.582. The van der Waals surface area contributed by atoms with E-state index in [1.807, 2.05) is 0 Å². The summed E-state index contributed by atoms with van der Waals surface area (Å²) in [6, 6.07) is 0. The molecule has 0 rings (SSSR count). The Bertz CT molecular complexity index is 48.9. The van der Waals surface area contributed by atoms with Crippen molar-refractivity contribution < 1.29 is 5.11 Å². The monoisotopic (exact) mass is 140 g/mol. The van der Waals surface area contributed by atoms with Crippen LogP contribution in [0, 0.1) is 11.8 Å². The first-order chi connectivity index (χ1) is 3.72. The molecule has 0 aliphatic rings. The fourth-order valence-corrected chi connectivity index (χ4v) is 0.582. The van der Waals surface area contributed by atoms with Crippen LogP contribution in [-0.2, 0) is 0 Å². The van der Waals surface area contributed by atoms with Crippen molar-refractivity contribution in [3.63, 3.8) is 0 Å². The van der Waals surface area contributed by atoms with Gasteiger partial charge in [-0.3, -0.25) is 0 Å². The summed E-state index contributed by atoms with van der Waals surface area (Å²) < 4.78 is 0. The van der Waals surface area contributed by atoms with E-state index in [-0.39, 0.29) is 29.6 Å². The summed E-state index contributed by atoms with van der Waals surface area (Å²) in [4.78, 5) is 0. The summed E-state index contributed by atoms with van der Waals surface area (Å²) in [5.41, 5.74) is 0. The first-order valence-corrected chi connectivity index (χ1v) is 3.33. The molecule has 1 N–H and O–H groups in total. The second-order valence-corrected chi connectivity index (χ2v) is 2.55. The molecular weight excluding hydrogens is 123 g/mol. The summed E-state index contributed by atoms with van der Waals surface area (Å²) in [5, 5.41) is 8.64. The molecule has 52 valence electrons. The maximum absolute atomic E-state index is 8.64. The van der Waals surface area contributed by atoms with Crippen LogP contribution in [0.5, 0.6) is 0 Å². The van der Waals surface area contributed by atoms with E-state index in [0.717, 1.165) is 0 Å². The molecule has 1 nitrogen and oxygen atoms in total. The number of hydrogen-bond acceptors (Lipinski definition) is 1. The molecule has 0 aromatic carbocycles. The Morgan fingerprint density at radius 1 is 1.22 bits per heavy atom. The summed E-state index contributed by atoms with van der Waals surface area (Å²) in [5.74, 6) is 1.14. The van der Waals surface area contributed by atoms with E-state index in [4.69, 9.17) is 5.11 Å². The third-order valence-corrected chi connectivity index (χ3v) is 1.90. The van der Waals surface area contributed by atoms with Crippen LogP contribution >= 0.6 is 0 Å². The Balaban J connectivity index is 0. The van der Waals surface area contributed by atoms with Crippen molar-refractivity contribution in [2.45, 2.75) is 27.2 Å².